The van der Waals surface area contributed by atoms with Gasteiger partial charge in [-0.05, 0) is 30.2 Å². The molecule has 6 heteroatoms. The van der Waals surface area contributed by atoms with Gasteiger partial charge in [0.05, 0.1) is 11.2 Å². The second kappa shape index (κ2) is 10.5. The lowest BCUT2D eigenvalue weighted by Crippen LogP contribution is -2.52. The van der Waals surface area contributed by atoms with E-state index in [9.17, 15) is 4.79 Å². The lowest BCUT2D eigenvalue weighted by Gasteiger charge is -2.44. The minimum absolute atomic E-state index is 0.145. The summed E-state index contributed by atoms with van der Waals surface area (Å²) in [5.74, 6) is 0.908. The molecule has 0 fully saturated rings. The number of aromatic amines is 1. The lowest BCUT2D eigenvalue weighted by atomic mass is 9.69. The number of nitrogens with one attached hydrogen (secondary N) is 3. The molecule has 0 saturated heterocycles. The first kappa shape index (κ1) is 23.5. The number of nitrogens with zero attached hydrogens (tertiary/aromatic N) is 1. The van der Waals surface area contributed by atoms with Crippen molar-refractivity contribution in [2.75, 3.05) is 6.54 Å². The second-order valence-electron chi connectivity index (χ2n) is 9.18. The maximum atomic E-state index is 10.8. The van der Waals surface area contributed by atoms with E-state index >= 15 is 0 Å². The highest BCUT2D eigenvalue weighted by Gasteiger charge is 2.45. The first-order chi connectivity index (χ1) is 15.3. The SMILES string of the molecule is CC(C)(C)[C@](CCCCNC(=O)O)(NCc1ccccc1)c1nc(-c2ccccc2)c[nH]1. The van der Waals surface area contributed by atoms with Gasteiger partial charge in [-0.2, -0.15) is 0 Å². The van der Waals surface area contributed by atoms with Gasteiger partial charge in [-0.3, -0.25) is 0 Å². The van der Waals surface area contributed by atoms with Crippen LogP contribution >= 0.6 is 0 Å². The molecule has 0 aliphatic heterocycles. The molecule has 0 unspecified atom stereocenters. The molecule has 3 aromatic rings. The van der Waals surface area contributed by atoms with Crippen molar-refractivity contribution in [2.24, 2.45) is 5.41 Å². The minimum atomic E-state index is -0.979. The summed E-state index contributed by atoms with van der Waals surface area (Å²) in [6.07, 6.45) is 3.45. The van der Waals surface area contributed by atoms with E-state index in [1.807, 2.05) is 42.6 Å². The van der Waals surface area contributed by atoms with E-state index in [1.54, 1.807) is 0 Å². The van der Waals surface area contributed by atoms with Crippen molar-refractivity contribution in [3.05, 3.63) is 78.2 Å². The third kappa shape index (κ3) is 5.77. The Kier molecular flexibility index (Phi) is 7.70. The average molecular weight is 435 g/mol. The van der Waals surface area contributed by atoms with Crippen LogP contribution < -0.4 is 10.6 Å². The minimum Gasteiger partial charge on any atom is -0.465 e. The molecular weight excluding hydrogens is 400 g/mol. The van der Waals surface area contributed by atoms with Crippen LogP contribution in [0.1, 0.15) is 51.4 Å². The summed E-state index contributed by atoms with van der Waals surface area (Å²) in [6, 6.07) is 20.5. The molecule has 0 spiro atoms. The van der Waals surface area contributed by atoms with E-state index in [0.717, 1.165) is 36.3 Å². The predicted molar refractivity (Wildman–Crippen MR) is 128 cm³/mol. The molecule has 0 bridgehead atoms. The molecule has 0 aliphatic rings. The molecule has 0 saturated carbocycles. The molecule has 32 heavy (non-hydrogen) atoms. The van der Waals surface area contributed by atoms with E-state index in [-0.39, 0.29) is 5.41 Å². The second-order valence-corrected chi connectivity index (χ2v) is 9.18. The predicted octanol–water partition coefficient (Wildman–Crippen LogP) is 5.55. The maximum absolute atomic E-state index is 10.8. The number of amides is 1. The molecule has 0 radical (unpaired) electrons. The first-order valence-corrected chi connectivity index (χ1v) is 11.2. The largest absolute Gasteiger partial charge is 0.465 e. The Bertz CT molecular complexity index is 980. The highest BCUT2D eigenvalue weighted by molar-refractivity contribution is 5.64. The summed E-state index contributed by atoms with van der Waals surface area (Å²) in [6.45, 7) is 7.84. The van der Waals surface area contributed by atoms with Crippen LogP contribution in [-0.2, 0) is 12.1 Å². The Balaban J connectivity index is 1.90. The number of hydrogen-bond acceptors (Lipinski definition) is 3. The number of H-pyrrole nitrogens is 1. The van der Waals surface area contributed by atoms with Crippen LogP contribution in [0.5, 0.6) is 0 Å². The van der Waals surface area contributed by atoms with Crippen molar-refractivity contribution in [3.63, 3.8) is 0 Å². The summed E-state index contributed by atoms with van der Waals surface area (Å²) >= 11 is 0. The Hall–Kier alpha value is -3.12. The topological polar surface area (TPSA) is 90.0 Å². The molecule has 4 N–H and O–H groups in total. The normalized spacial score (nSPS) is 13.5. The van der Waals surface area contributed by atoms with Crippen LogP contribution in [0.15, 0.2) is 66.9 Å². The number of hydrogen-bond donors (Lipinski definition) is 4. The Labute approximate surface area is 190 Å². The molecule has 3 rings (SSSR count). The summed E-state index contributed by atoms with van der Waals surface area (Å²) in [5.41, 5.74) is 2.64. The fraction of sp³-hybridized carbons (Fsp3) is 0.385. The van der Waals surface area contributed by atoms with Gasteiger partial charge < -0.3 is 20.7 Å². The van der Waals surface area contributed by atoms with Crippen molar-refractivity contribution in [1.82, 2.24) is 20.6 Å². The van der Waals surface area contributed by atoms with E-state index < -0.39 is 11.6 Å². The van der Waals surface area contributed by atoms with Gasteiger partial charge in [0.1, 0.15) is 5.82 Å². The quantitative estimate of drug-likeness (QED) is 0.315. The first-order valence-electron chi connectivity index (χ1n) is 11.2. The third-order valence-corrected chi connectivity index (χ3v) is 6.02. The summed E-state index contributed by atoms with van der Waals surface area (Å²) in [4.78, 5) is 19.3. The van der Waals surface area contributed by atoms with Gasteiger partial charge in [0.25, 0.3) is 0 Å². The number of carbonyl (C=O) groups is 1. The van der Waals surface area contributed by atoms with E-state index in [1.165, 1.54) is 5.56 Å². The molecule has 1 aromatic heterocycles. The summed E-state index contributed by atoms with van der Waals surface area (Å²) < 4.78 is 0. The summed E-state index contributed by atoms with van der Waals surface area (Å²) in [5, 5.41) is 15.2. The van der Waals surface area contributed by atoms with Gasteiger partial charge in [0.15, 0.2) is 0 Å². The van der Waals surface area contributed by atoms with E-state index in [2.05, 4.69) is 60.7 Å². The molecular formula is C26H34N4O2. The van der Waals surface area contributed by atoms with Crippen LogP contribution in [0.2, 0.25) is 0 Å². The zero-order valence-electron chi connectivity index (χ0n) is 19.2. The van der Waals surface area contributed by atoms with Crippen molar-refractivity contribution in [2.45, 2.75) is 52.1 Å². The lowest BCUT2D eigenvalue weighted by molar-refractivity contribution is 0.108. The van der Waals surface area contributed by atoms with Crippen molar-refractivity contribution in [1.29, 1.82) is 0 Å². The summed E-state index contributed by atoms with van der Waals surface area (Å²) in [7, 11) is 0. The molecule has 1 heterocycles. The van der Waals surface area contributed by atoms with Crippen molar-refractivity contribution >= 4 is 6.09 Å². The average Bonchev–Trinajstić information content (AvgIpc) is 3.26. The van der Waals surface area contributed by atoms with Crippen LogP contribution in [0, 0.1) is 5.41 Å². The van der Waals surface area contributed by atoms with Gasteiger partial charge in [-0.1, -0.05) is 81.4 Å². The Morgan fingerprint density at radius 2 is 1.66 bits per heavy atom. The van der Waals surface area contributed by atoms with Crippen LogP contribution in [-0.4, -0.2) is 27.7 Å². The fourth-order valence-electron chi connectivity index (χ4n) is 4.14. The number of benzene rings is 2. The number of rotatable bonds is 10. The van der Waals surface area contributed by atoms with Gasteiger partial charge in [-0.25, -0.2) is 9.78 Å². The number of aromatic nitrogens is 2. The molecule has 0 aliphatic carbocycles. The Morgan fingerprint density at radius 3 is 2.28 bits per heavy atom. The van der Waals surface area contributed by atoms with Crippen LogP contribution in [0.3, 0.4) is 0 Å². The smallest absolute Gasteiger partial charge is 0.404 e. The monoisotopic (exact) mass is 434 g/mol. The molecule has 1 atom stereocenters. The zero-order valence-corrected chi connectivity index (χ0v) is 19.2. The van der Waals surface area contributed by atoms with Gasteiger partial charge >= 0.3 is 6.09 Å². The molecule has 170 valence electrons. The molecule has 6 nitrogen and oxygen atoms in total. The zero-order chi connectivity index (χ0) is 23.0. The molecule has 2 aromatic carbocycles. The third-order valence-electron chi connectivity index (χ3n) is 6.02. The Morgan fingerprint density at radius 1 is 1.00 bits per heavy atom. The van der Waals surface area contributed by atoms with Crippen molar-refractivity contribution < 1.29 is 9.90 Å². The van der Waals surface area contributed by atoms with Crippen LogP contribution in [0.25, 0.3) is 11.3 Å². The van der Waals surface area contributed by atoms with E-state index in [0.29, 0.717) is 13.1 Å². The number of carboxylic acid groups (broad SMARTS) is 1. The number of unbranched alkanes of at least 4 members (excludes halogenated alkanes) is 1. The standard InChI is InChI=1S/C26H34N4O2/c1-25(2,3)26(16-10-11-17-27-24(31)32,29-18-20-12-6-4-7-13-20)23-28-19-22(30-23)21-14-8-5-9-15-21/h4-9,12-15,19,27,29H,10-11,16-18H2,1-3H3,(H,28,30)(H,31,32)/t26-/m1/s1. The van der Waals surface area contributed by atoms with E-state index in [4.69, 9.17) is 10.1 Å². The van der Waals surface area contributed by atoms with Gasteiger partial charge in [-0.15, -0.1) is 0 Å². The maximum Gasteiger partial charge on any atom is 0.404 e. The van der Waals surface area contributed by atoms with Crippen molar-refractivity contribution in [3.8, 4) is 11.3 Å². The van der Waals surface area contributed by atoms with Crippen LogP contribution in [0.4, 0.5) is 4.79 Å². The number of imidazole rings is 1. The highest BCUT2D eigenvalue weighted by atomic mass is 16.4. The fourth-order valence-corrected chi connectivity index (χ4v) is 4.14. The van der Waals surface area contributed by atoms with Gasteiger partial charge in [0.2, 0.25) is 0 Å². The van der Waals surface area contributed by atoms with Gasteiger partial charge in [0, 0.05) is 24.8 Å². The molecule has 1 amide bonds. The highest BCUT2D eigenvalue weighted by Crippen LogP contribution is 2.43.